The van der Waals surface area contributed by atoms with Gasteiger partial charge < -0.3 is 10.1 Å². The molecule has 0 aliphatic rings. The average Bonchev–Trinajstić information content (AvgIpc) is 2.34. The molecule has 18 heavy (non-hydrogen) atoms. The monoisotopic (exact) mass is 315 g/mol. The fourth-order valence-electron chi connectivity index (χ4n) is 1.48. The largest absolute Gasteiger partial charge is 0.383 e. The van der Waals surface area contributed by atoms with Crippen molar-refractivity contribution in [1.82, 2.24) is 9.78 Å². The van der Waals surface area contributed by atoms with Crippen molar-refractivity contribution in [2.24, 2.45) is 0 Å². The molecule has 0 amide bonds. The SMILES string of the molecule is C=CCC(C)Nc1cnn(CCOC)c(=O)c1Br. The molecule has 1 aromatic heterocycles. The van der Waals surface area contributed by atoms with Crippen molar-refractivity contribution in [3.05, 3.63) is 33.7 Å². The van der Waals surface area contributed by atoms with Crippen molar-refractivity contribution in [2.45, 2.75) is 25.9 Å². The number of hydrogen-bond donors (Lipinski definition) is 1. The second-order valence-electron chi connectivity index (χ2n) is 3.96. The van der Waals surface area contributed by atoms with Crippen LogP contribution in [0.3, 0.4) is 0 Å². The first-order valence-electron chi connectivity index (χ1n) is 5.72. The molecule has 0 spiro atoms. The quantitative estimate of drug-likeness (QED) is 0.782. The molecule has 1 atom stereocenters. The molecule has 1 rings (SSSR count). The van der Waals surface area contributed by atoms with Gasteiger partial charge in [-0.1, -0.05) is 6.08 Å². The fraction of sp³-hybridized carbons (Fsp3) is 0.500. The Labute approximate surface area is 115 Å². The van der Waals surface area contributed by atoms with Crippen LogP contribution in [0.25, 0.3) is 0 Å². The molecule has 0 aliphatic carbocycles. The predicted molar refractivity (Wildman–Crippen MR) is 76.0 cm³/mol. The van der Waals surface area contributed by atoms with Gasteiger partial charge in [0.05, 0.1) is 25.0 Å². The first-order chi connectivity index (χ1) is 8.60. The average molecular weight is 316 g/mol. The Hall–Kier alpha value is -1.14. The van der Waals surface area contributed by atoms with Gasteiger partial charge in [-0.3, -0.25) is 4.79 Å². The van der Waals surface area contributed by atoms with Crippen LogP contribution in [-0.4, -0.2) is 29.5 Å². The molecular formula is C12H18BrN3O2. The number of hydrogen-bond acceptors (Lipinski definition) is 4. The lowest BCUT2D eigenvalue weighted by Gasteiger charge is -2.15. The zero-order valence-electron chi connectivity index (χ0n) is 10.6. The Balaban J connectivity index is 2.86. The summed E-state index contributed by atoms with van der Waals surface area (Å²) in [5.41, 5.74) is 0.533. The van der Waals surface area contributed by atoms with Crippen molar-refractivity contribution in [3.63, 3.8) is 0 Å². The number of methoxy groups -OCH3 is 1. The van der Waals surface area contributed by atoms with Crippen LogP contribution >= 0.6 is 15.9 Å². The third-order valence-electron chi connectivity index (χ3n) is 2.41. The summed E-state index contributed by atoms with van der Waals surface area (Å²) in [7, 11) is 1.59. The number of ether oxygens (including phenoxy) is 1. The van der Waals surface area contributed by atoms with Crippen molar-refractivity contribution < 1.29 is 4.74 Å². The van der Waals surface area contributed by atoms with Gasteiger partial charge in [-0.2, -0.15) is 5.10 Å². The standard InChI is InChI=1S/C12H18BrN3O2/c1-4-5-9(2)15-10-8-14-16(6-7-18-3)12(17)11(10)13/h4,8-9,15H,1,5-7H2,2-3H3. The van der Waals surface area contributed by atoms with Crippen LogP contribution in [0.1, 0.15) is 13.3 Å². The zero-order chi connectivity index (χ0) is 13.5. The van der Waals surface area contributed by atoms with Gasteiger partial charge in [0.15, 0.2) is 0 Å². The summed E-state index contributed by atoms with van der Waals surface area (Å²) >= 11 is 3.30. The summed E-state index contributed by atoms with van der Waals surface area (Å²) in [4.78, 5) is 12.0. The Morgan fingerprint density at radius 3 is 3.06 bits per heavy atom. The van der Waals surface area contributed by atoms with E-state index in [-0.39, 0.29) is 11.6 Å². The molecule has 1 heterocycles. The van der Waals surface area contributed by atoms with E-state index in [1.807, 2.05) is 13.0 Å². The molecule has 1 aromatic rings. The lowest BCUT2D eigenvalue weighted by molar-refractivity contribution is 0.181. The van der Waals surface area contributed by atoms with E-state index < -0.39 is 0 Å². The maximum Gasteiger partial charge on any atom is 0.283 e. The molecule has 0 aliphatic heterocycles. The first kappa shape index (κ1) is 14.9. The molecule has 1 N–H and O–H groups in total. The number of anilines is 1. The smallest absolute Gasteiger partial charge is 0.283 e. The highest BCUT2D eigenvalue weighted by Gasteiger charge is 2.10. The maximum atomic E-state index is 12.0. The minimum absolute atomic E-state index is 0.164. The second kappa shape index (κ2) is 7.33. The Morgan fingerprint density at radius 1 is 1.72 bits per heavy atom. The first-order valence-corrected chi connectivity index (χ1v) is 6.51. The summed E-state index contributed by atoms with van der Waals surface area (Å²) in [6.07, 6.45) is 4.29. The molecule has 0 bridgehead atoms. The van der Waals surface area contributed by atoms with E-state index >= 15 is 0 Å². The van der Waals surface area contributed by atoms with Crippen molar-refractivity contribution in [2.75, 3.05) is 19.0 Å². The Morgan fingerprint density at radius 2 is 2.44 bits per heavy atom. The van der Waals surface area contributed by atoms with E-state index in [2.05, 4.69) is 32.9 Å². The van der Waals surface area contributed by atoms with Crippen molar-refractivity contribution in [3.8, 4) is 0 Å². The molecular weight excluding hydrogens is 298 g/mol. The third-order valence-corrected chi connectivity index (χ3v) is 3.18. The van der Waals surface area contributed by atoms with Gasteiger partial charge in [-0.15, -0.1) is 6.58 Å². The van der Waals surface area contributed by atoms with E-state index in [1.54, 1.807) is 13.3 Å². The van der Waals surface area contributed by atoms with Crippen molar-refractivity contribution >= 4 is 21.6 Å². The van der Waals surface area contributed by atoms with Gasteiger partial charge in [0.1, 0.15) is 4.47 Å². The zero-order valence-corrected chi connectivity index (χ0v) is 12.2. The molecule has 0 radical (unpaired) electrons. The Bertz CT molecular complexity index is 459. The van der Waals surface area contributed by atoms with Crippen LogP contribution < -0.4 is 10.9 Å². The third kappa shape index (κ3) is 3.96. The number of rotatable bonds is 7. The summed E-state index contributed by atoms with van der Waals surface area (Å²) in [5, 5.41) is 7.31. The van der Waals surface area contributed by atoms with Crippen LogP contribution in [0.15, 0.2) is 28.1 Å². The maximum absolute atomic E-state index is 12.0. The molecule has 1 unspecified atom stereocenters. The number of halogens is 1. The van der Waals surface area contributed by atoms with Gasteiger partial charge in [0.2, 0.25) is 0 Å². The lowest BCUT2D eigenvalue weighted by Crippen LogP contribution is -2.27. The van der Waals surface area contributed by atoms with Gasteiger partial charge in [0, 0.05) is 13.2 Å². The van der Waals surface area contributed by atoms with Crippen molar-refractivity contribution in [1.29, 1.82) is 0 Å². The van der Waals surface area contributed by atoms with Crippen LogP contribution in [-0.2, 0) is 11.3 Å². The molecule has 0 saturated heterocycles. The lowest BCUT2D eigenvalue weighted by atomic mass is 10.2. The van der Waals surface area contributed by atoms with E-state index in [4.69, 9.17) is 4.74 Å². The van der Waals surface area contributed by atoms with E-state index in [9.17, 15) is 4.79 Å². The van der Waals surface area contributed by atoms with Crippen LogP contribution in [0, 0.1) is 0 Å². The van der Waals surface area contributed by atoms with Gasteiger partial charge in [-0.05, 0) is 29.3 Å². The van der Waals surface area contributed by atoms with Crippen LogP contribution in [0.4, 0.5) is 5.69 Å². The van der Waals surface area contributed by atoms with Gasteiger partial charge in [-0.25, -0.2) is 4.68 Å². The second-order valence-corrected chi connectivity index (χ2v) is 4.76. The molecule has 0 aromatic carbocycles. The van der Waals surface area contributed by atoms with E-state index in [0.717, 1.165) is 6.42 Å². The number of aromatic nitrogens is 2. The summed E-state index contributed by atoms with van der Waals surface area (Å²) in [6.45, 7) is 6.60. The molecule has 6 heteroatoms. The fourth-order valence-corrected chi connectivity index (χ4v) is 1.90. The van der Waals surface area contributed by atoms with E-state index in [1.165, 1.54) is 4.68 Å². The number of nitrogens with one attached hydrogen (secondary N) is 1. The molecule has 100 valence electrons. The van der Waals surface area contributed by atoms with E-state index in [0.29, 0.717) is 23.3 Å². The van der Waals surface area contributed by atoms with Gasteiger partial charge in [0.25, 0.3) is 5.56 Å². The minimum atomic E-state index is -0.164. The predicted octanol–water partition coefficient (Wildman–Crippen LogP) is 2.03. The summed E-state index contributed by atoms with van der Waals surface area (Å²) in [5.74, 6) is 0. The normalized spacial score (nSPS) is 12.2. The summed E-state index contributed by atoms with van der Waals surface area (Å²) < 4.78 is 6.79. The topological polar surface area (TPSA) is 56.1 Å². The molecule has 5 nitrogen and oxygen atoms in total. The minimum Gasteiger partial charge on any atom is -0.383 e. The molecule has 0 fully saturated rings. The summed E-state index contributed by atoms with van der Waals surface area (Å²) in [6, 6.07) is 0.204. The highest BCUT2D eigenvalue weighted by molar-refractivity contribution is 9.10. The molecule has 0 saturated carbocycles. The Kier molecular flexibility index (Phi) is 6.07. The highest BCUT2D eigenvalue weighted by Crippen LogP contribution is 2.17. The number of nitrogens with zero attached hydrogens (tertiary/aromatic N) is 2. The van der Waals surface area contributed by atoms with Crippen LogP contribution in [0.5, 0.6) is 0 Å². The van der Waals surface area contributed by atoms with Crippen LogP contribution in [0.2, 0.25) is 0 Å². The van der Waals surface area contributed by atoms with Gasteiger partial charge >= 0.3 is 0 Å². The highest BCUT2D eigenvalue weighted by atomic mass is 79.9.